The maximum Gasteiger partial charge on any atom is 0.292 e. The molecule has 0 amide bonds. The van der Waals surface area contributed by atoms with E-state index < -0.39 is 4.92 Å². The van der Waals surface area contributed by atoms with Gasteiger partial charge in [0.15, 0.2) is 0 Å². The molecule has 0 saturated carbocycles. The van der Waals surface area contributed by atoms with Crippen LogP contribution in [-0.2, 0) is 4.79 Å². The molecule has 2 N–H and O–H groups in total. The Kier molecular flexibility index (Phi) is 5.44. The molecule has 0 aromatic heterocycles. The van der Waals surface area contributed by atoms with Crippen molar-refractivity contribution in [1.82, 2.24) is 0 Å². The maximum absolute atomic E-state index is 10.3. The van der Waals surface area contributed by atoms with Crippen molar-refractivity contribution < 1.29 is 14.8 Å². The summed E-state index contributed by atoms with van der Waals surface area (Å²) < 4.78 is 0. The molecule has 6 heteroatoms. The Hall–Kier alpha value is -2.11. The average molecular weight is 198 g/mol. The van der Waals surface area contributed by atoms with Gasteiger partial charge in [0, 0.05) is 13.1 Å². The van der Waals surface area contributed by atoms with E-state index in [0.29, 0.717) is 5.69 Å². The largest absolute Gasteiger partial charge is 0.483 e. The number of nitrogens with one attached hydrogen (secondary N) is 1. The first-order valence-electron chi connectivity index (χ1n) is 3.66. The highest BCUT2D eigenvalue weighted by atomic mass is 16.6. The SMILES string of the molecule is CNc1ccccc1[N+](=O)[O-].O=CO. The lowest BCUT2D eigenvalue weighted by atomic mass is 10.3. The number of rotatable bonds is 2. The van der Waals surface area contributed by atoms with Crippen molar-refractivity contribution in [1.29, 1.82) is 0 Å². The second kappa shape index (κ2) is 6.41. The molecule has 0 bridgehead atoms. The summed E-state index contributed by atoms with van der Waals surface area (Å²) in [5, 5.41) is 20.0. The van der Waals surface area contributed by atoms with Crippen molar-refractivity contribution in [2.45, 2.75) is 0 Å². The van der Waals surface area contributed by atoms with Gasteiger partial charge >= 0.3 is 0 Å². The fourth-order valence-corrected chi connectivity index (χ4v) is 0.844. The van der Waals surface area contributed by atoms with Crippen LogP contribution in [0.25, 0.3) is 0 Å². The van der Waals surface area contributed by atoms with Crippen LogP contribution in [0.1, 0.15) is 0 Å². The summed E-state index contributed by atoms with van der Waals surface area (Å²) in [5.74, 6) is 0. The third-order valence-corrected chi connectivity index (χ3v) is 1.37. The molecule has 1 aromatic rings. The van der Waals surface area contributed by atoms with E-state index in [0.717, 1.165) is 0 Å². The molecule has 0 aliphatic rings. The van der Waals surface area contributed by atoms with Crippen LogP contribution < -0.4 is 5.32 Å². The van der Waals surface area contributed by atoms with Crippen LogP contribution >= 0.6 is 0 Å². The number of nitrogens with zero attached hydrogens (tertiary/aromatic N) is 1. The van der Waals surface area contributed by atoms with Gasteiger partial charge in [0.25, 0.3) is 12.2 Å². The summed E-state index contributed by atoms with van der Waals surface area (Å²) in [6.45, 7) is -0.250. The molecule has 0 aliphatic carbocycles. The topological polar surface area (TPSA) is 92.5 Å². The molecule has 1 rings (SSSR count). The van der Waals surface area contributed by atoms with Crippen LogP contribution in [0.4, 0.5) is 11.4 Å². The number of hydrogen-bond donors (Lipinski definition) is 2. The van der Waals surface area contributed by atoms with E-state index in [1.54, 1.807) is 25.2 Å². The number of anilines is 1. The monoisotopic (exact) mass is 198 g/mol. The Bertz CT molecular complexity index is 314. The highest BCUT2D eigenvalue weighted by molar-refractivity contribution is 5.60. The number of para-hydroxylation sites is 2. The van der Waals surface area contributed by atoms with E-state index in [2.05, 4.69) is 5.32 Å². The molecule has 1 aromatic carbocycles. The lowest BCUT2D eigenvalue weighted by Crippen LogP contribution is -1.95. The van der Waals surface area contributed by atoms with Gasteiger partial charge in [0.05, 0.1) is 4.92 Å². The number of benzene rings is 1. The first-order valence-corrected chi connectivity index (χ1v) is 3.66. The van der Waals surface area contributed by atoms with E-state index in [1.807, 2.05) is 0 Å². The minimum absolute atomic E-state index is 0.106. The van der Waals surface area contributed by atoms with Crippen LogP contribution in [0.3, 0.4) is 0 Å². The fraction of sp³-hybridized carbons (Fsp3) is 0.125. The first-order chi connectivity index (χ1) is 6.67. The first kappa shape index (κ1) is 11.9. The predicted octanol–water partition coefficient (Wildman–Crippen LogP) is 1.34. The standard InChI is InChI=1S/C7H8N2O2.CH2O2/c1-8-6-4-2-3-5-7(6)9(10)11;2-1-3/h2-5,8H,1H3;1H,(H,2,3). The molecule has 0 fully saturated rings. The fourth-order valence-electron chi connectivity index (χ4n) is 0.844. The Morgan fingerprint density at radius 1 is 1.50 bits per heavy atom. The molecule has 0 aliphatic heterocycles. The van der Waals surface area contributed by atoms with Crippen molar-refractivity contribution in [3.05, 3.63) is 34.4 Å². The van der Waals surface area contributed by atoms with Crippen molar-refractivity contribution >= 4 is 17.8 Å². The van der Waals surface area contributed by atoms with Gasteiger partial charge < -0.3 is 10.4 Å². The van der Waals surface area contributed by atoms with Crippen molar-refractivity contribution in [2.75, 3.05) is 12.4 Å². The number of carbonyl (C=O) groups is 1. The average Bonchev–Trinajstić information content (AvgIpc) is 2.19. The van der Waals surface area contributed by atoms with Crippen molar-refractivity contribution in [2.24, 2.45) is 0 Å². The summed E-state index contributed by atoms with van der Waals surface area (Å²) in [4.78, 5) is 18.3. The van der Waals surface area contributed by atoms with E-state index >= 15 is 0 Å². The molecule has 6 nitrogen and oxygen atoms in total. The van der Waals surface area contributed by atoms with Gasteiger partial charge in [-0.2, -0.15) is 0 Å². The van der Waals surface area contributed by atoms with Gasteiger partial charge in [-0.15, -0.1) is 0 Å². The highest BCUT2D eigenvalue weighted by Gasteiger charge is 2.09. The van der Waals surface area contributed by atoms with Crippen LogP contribution in [0.5, 0.6) is 0 Å². The van der Waals surface area contributed by atoms with Gasteiger partial charge in [0.1, 0.15) is 5.69 Å². The second-order valence-electron chi connectivity index (χ2n) is 2.13. The molecule has 0 heterocycles. The number of hydrogen-bond acceptors (Lipinski definition) is 4. The molecule has 0 unspecified atom stereocenters. The van der Waals surface area contributed by atoms with Crippen LogP contribution in [-0.4, -0.2) is 23.5 Å². The van der Waals surface area contributed by atoms with E-state index in [1.165, 1.54) is 6.07 Å². The summed E-state index contributed by atoms with van der Waals surface area (Å²) in [6, 6.07) is 6.52. The summed E-state index contributed by atoms with van der Waals surface area (Å²) >= 11 is 0. The van der Waals surface area contributed by atoms with Gasteiger partial charge in [0.2, 0.25) is 0 Å². The normalized spacial score (nSPS) is 8.07. The zero-order valence-electron chi connectivity index (χ0n) is 7.51. The predicted molar refractivity (Wildman–Crippen MR) is 51.3 cm³/mol. The third-order valence-electron chi connectivity index (χ3n) is 1.37. The Labute approximate surface area is 80.3 Å². The van der Waals surface area contributed by atoms with Crippen molar-refractivity contribution in [3.63, 3.8) is 0 Å². The molecule has 0 atom stereocenters. The van der Waals surface area contributed by atoms with Crippen LogP contribution in [0.2, 0.25) is 0 Å². The molecule has 14 heavy (non-hydrogen) atoms. The molecule has 76 valence electrons. The van der Waals surface area contributed by atoms with Crippen LogP contribution in [0, 0.1) is 10.1 Å². The highest BCUT2D eigenvalue weighted by Crippen LogP contribution is 2.21. The van der Waals surface area contributed by atoms with Gasteiger partial charge in [-0.1, -0.05) is 12.1 Å². The molecular weight excluding hydrogens is 188 g/mol. The lowest BCUT2D eigenvalue weighted by Gasteiger charge is -1.98. The molecule has 0 radical (unpaired) electrons. The Morgan fingerprint density at radius 3 is 2.36 bits per heavy atom. The van der Waals surface area contributed by atoms with E-state index in [-0.39, 0.29) is 12.2 Å². The Balaban J connectivity index is 0.000000500. The smallest absolute Gasteiger partial charge is 0.292 e. The number of nitro groups is 1. The van der Waals surface area contributed by atoms with Gasteiger partial charge in [-0.3, -0.25) is 14.9 Å². The van der Waals surface area contributed by atoms with Gasteiger partial charge in [-0.25, -0.2) is 0 Å². The van der Waals surface area contributed by atoms with E-state index in [4.69, 9.17) is 9.90 Å². The molecule has 0 saturated heterocycles. The lowest BCUT2D eigenvalue weighted by molar-refractivity contribution is -0.383. The number of nitro benzene ring substituents is 1. The number of carboxylic acid groups (broad SMARTS) is 1. The van der Waals surface area contributed by atoms with Gasteiger partial charge in [-0.05, 0) is 6.07 Å². The Morgan fingerprint density at radius 2 is 2.00 bits per heavy atom. The summed E-state index contributed by atoms with van der Waals surface area (Å²) in [5.41, 5.74) is 0.646. The summed E-state index contributed by atoms with van der Waals surface area (Å²) in [6.07, 6.45) is 0. The zero-order chi connectivity index (χ0) is 11.0. The van der Waals surface area contributed by atoms with E-state index in [9.17, 15) is 10.1 Å². The third kappa shape index (κ3) is 3.53. The van der Waals surface area contributed by atoms with Crippen molar-refractivity contribution in [3.8, 4) is 0 Å². The molecule has 0 spiro atoms. The minimum atomic E-state index is -0.411. The van der Waals surface area contributed by atoms with Crippen LogP contribution in [0.15, 0.2) is 24.3 Å². The summed E-state index contributed by atoms with van der Waals surface area (Å²) in [7, 11) is 1.66. The zero-order valence-corrected chi connectivity index (χ0v) is 7.51. The minimum Gasteiger partial charge on any atom is -0.483 e. The quantitative estimate of drug-likeness (QED) is 0.425. The maximum atomic E-state index is 10.3. The molecular formula is C8H10N2O4. The second-order valence-corrected chi connectivity index (χ2v) is 2.13.